The van der Waals surface area contributed by atoms with Crippen molar-refractivity contribution >= 4 is 6.09 Å². The van der Waals surface area contributed by atoms with Crippen LogP contribution in [0.5, 0.6) is 0 Å². The minimum absolute atomic E-state index is 0.200. The van der Waals surface area contributed by atoms with Crippen LogP contribution in [0.4, 0.5) is 4.79 Å². The summed E-state index contributed by atoms with van der Waals surface area (Å²) in [6, 6.07) is 9.57. The summed E-state index contributed by atoms with van der Waals surface area (Å²) in [5.74, 6) is 0.200. The fourth-order valence-electron chi connectivity index (χ4n) is 2.45. The summed E-state index contributed by atoms with van der Waals surface area (Å²) in [4.78, 5) is 13.5. The Morgan fingerprint density at radius 2 is 2.20 bits per heavy atom. The number of ether oxygens (including phenoxy) is 1. The highest BCUT2D eigenvalue weighted by Gasteiger charge is 2.29. The number of nitrogens with zero attached hydrogens (tertiary/aromatic N) is 1. The van der Waals surface area contributed by atoms with E-state index in [0.29, 0.717) is 13.1 Å². The Hall–Kier alpha value is -1.81. The van der Waals surface area contributed by atoms with E-state index in [1.165, 1.54) is 0 Å². The molecule has 2 rings (SSSR count). The van der Waals surface area contributed by atoms with Gasteiger partial charge in [-0.1, -0.05) is 36.4 Å². The van der Waals surface area contributed by atoms with E-state index in [2.05, 4.69) is 6.58 Å². The first-order valence-electron chi connectivity index (χ1n) is 6.95. The maximum absolute atomic E-state index is 12.0. The zero-order chi connectivity index (χ0) is 14.4. The molecule has 1 heterocycles. The second-order valence-corrected chi connectivity index (χ2v) is 5.13. The topological polar surface area (TPSA) is 49.8 Å². The molecule has 1 aliphatic rings. The average Bonchev–Trinajstić information content (AvgIpc) is 2.48. The zero-order valence-electron chi connectivity index (χ0n) is 11.6. The molecule has 1 fully saturated rings. The maximum atomic E-state index is 12.0. The first kappa shape index (κ1) is 14.6. The van der Waals surface area contributed by atoms with E-state index in [4.69, 9.17) is 4.74 Å². The van der Waals surface area contributed by atoms with Crippen molar-refractivity contribution in [3.05, 3.63) is 48.6 Å². The van der Waals surface area contributed by atoms with Crippen LogP contribution in [-0.4, -0.2) is 35.3 Å². The number of aliphatic hydroxyl groups excluding tert-OH is 1. The van der Waals surface area contributed by atoms with Gasteiger partial charge in [0.1, 0.15) is 6.61 Å². The summed E-state index contributed by atoms with van der Waals surface area (Å²) in [6.45, 7) is 4.92. The van der Waals surface area contributed by atoms with Gasteiger partial charge < -0.3 is 14.7 Å². The van der Waals surface area contributed by atoms with Gasteiger partial charge in [0, 0.05) is 6.54 Å². The van der Waals surface area contributed by atoms with Crippen molar-refractivity contribution in [2.45, 2.75) is 25.6 Å². The number of piperidine rings is 1. The van der Waals surface area contributed by atoms with Crippen molar-refractivity contribution in [1.82, 2.24) is 4.90 Å². The van der Waals surface area contributed by atoms with E-state index in [0.717, 1.165) is 18.4 Å². The average molecular weight is 275 g/mol. The van der Waals surface area contributed by atoms with Crippen LogP contribution in [-0.2, 0) is 11.3 Å². The van der Waals surface area contributed by atoms with Gasteiger partial charge in [0.05, 0.1) is 12.6 Å². The molecule has 0 bridgehead atoms. The molecule has 0 aliphatic carbocycles. The van der Waals surface area contributed by atoms with Crippen molar-refractivity contribution in [1.29, 1.82) is 0 Å². The first-order valence-corrected chi connectivity index (χ1v) is 6.95. The maximum Gasteiger partial charge on any atom is 0.410 e. The molecule has 108 valence electrons. The molecule has 0 radical (unpaired) electrons. The largest absolute Gasteiger partial charge is 0.445 e. The van der Waals surface area contributed by atoms with E-state index in [1.54, 1.807) is 4.90 Å². The number of hydrogen-bond acceptors (Lipinski definition) is 3. The molecule has 0 aromatic heterocycles. The third-order valence-corrected chi connectivity index (χ3v) is 3.65. The van der Waals surface area contributed by atoms with E-state index in [1.807, 2.05) is 36.4 Å². The predicted octanol–water partition coefficient (Wildman–Crippen LogP) is 2.58. The van der Waals surface area contributed by atoms with Gasteiger partial charge in [-0.05, 0) is 24.3 Å². The van der Waals surface area contributed by atoms with E-state index >= 15 is 0 Å². The van der Waals surface area contributed by atoms with Gasteiger partial charge in [-0.2, -0.15) is 0 Å². The fraction of sp³-hybridized carbons (Fsp3) is 0.438. The Bertz CT molecular complexity index is 446. The molecular weight excluding hydrogens is 254 g/mol. The Kier molecular flexibility index (Phi) is 5.18. The molecule has 1 amide bonds. The van der Waals surface area contributed by atoms with Crippen molar-refractivity contribution in [3.8, 4) is 0 Å². The molecule has 1 aromatic rings. The summed E-state index contributed by atoms with van der Waals surface area (Å²) < 4.78 is 5.27. The van der Waals surface area contributed by atoms with Crippen LogP contribution in [0, 0.1) is 5.92 Å². The van der Waals surface area contributed by atoms with E-state index in [-0.39, 0.29) is 18.6 Å². The molecule has 1 aliphatic heterocycles. The van der Waals surface area contributed by atoms with Crippen molar-refractivity contribution in [2.75, 3.05) is 13.1 Å². The lowest BCUT2D eigenvalue weighted by Gasteiger charge is -2.34. The van der Waals surface area contributed by atoms with Crippen molar-refractivity contribution < 1.29 is 14.6 Å². The van der Waals surface area contributed by atoms with Crippen LogP contribution in [0.1, 0.15) is 18.4 Å². The minimum atomic E-state index is -0.494. The van der Waals surface area contributed by atoms with Crippen LogP contribution in [0.25, 0.3) is 0 Å². The van der Waals surface area contributed by atoms with E-state index < -0.39 is 6.10 Å². The number of hydrogen-bond donors (Lipinski definition) is 1. The molecule has 1 aromatic carbocycles. The highest BCUT2D eigenvalue weighted by molar-refractivity contribution is 5.67. The predicted molar refractivity (Wildman–Crippen MR) is 77.1 cm³/mol. The summed E-state index contributed by atoms with van der Waals surface area (Å²) >= 11 is 0. The van der Waals surface area contributed by atoms with Crippen LogP contribution in [0.3, 0.4) is 0 Å². The number of carbonyl (C=O) groups excluding carboxylic acids is 1. The Balaban J connectivity index is 1.80. The molecule has 1 saturated heterocycles. The summed E-state index contributed by atoms with van der Waals surface area (Å²) in [7, 11) is 0. The van der Waals surface area contributed by atoms with Crippen LogP contribution in [0.2, 0.25) is 0 Å². The quantitative estimate of drug-likeness (QED) is 0.859. The Morgan fingerprint density at radius 1 is 1.45 bits per heavy atom. The monoisotopic (exact) mass is 275 g/mol. The molecule has 4 heteroatoms. The molecular formula is C16H21NO3. The highest BCUT2D eigenvalue weighted by Crippen LogP contribution is 2.22. The van der Waals surface area contributed by atoms with Crippen LogP contribution >= 0.6 is 0 Å². The fourth-order valence-corrected chi connectivity index (χ4v) is 2.45. The zero-order valence-corrected chi connectivity index (χ0v) is 11.6. The van der Waals surface area contributed by atoms with Crippen LogP contribution < -0.4 is 0 Å². The smallest absolute Gasteiger partial charge is 0.410 e. The highest BCUT2D eigenvalue weighted by atomic mass is 16.6. The van der Waals surface area contributed by atoms with Crippen molar-refractivity contribution in [3.63, 3.8) is 0 Å². The lowest BCUT2D eigenvalue weighted by Crippen LogP contribution is -2.46. The number of aliphatic hydroxyl groups is 1. The number of β-amino-alcohol motifs (C(OH)–C–C–N with tert-alkyl or cyclic N) is 1. The number of amides is 1. The normalized spacial score (nSPS) is 22.4. The second-order valence-electron chi connectivity index (χ2n) is 5.13. The summed E-state index contributed by atoms with van der Waals surface area (Å²) in [5, 5.41) is 10.0. The number of carbonyl (C=O) groups is 1. The standard InChI is InChI=1S/C16H21NO3/c1-2-6-14-9-10-17(11-15(14)18)16(19)20-12-13-7-4-3-5-8-13/h2-5,7-8,14-15,18H,1,6,9-12H2/t14-,15+/m1/s1. The Morgan fingerprint density at radius 3 is 2.85 bits per heavy atom. The van der Waals surface area contributed by atoms with Gasteiger partial charge in [0.2, 0.25) is 0 Å². The molecule has 0 unspecified atom stereocenters. The third-order valence-electron chi connectivity index (χ3n) is 3.65. The Labute approximate surface area is 119 Å². The number of benzene rings is 1. The van der Waals surface area contributed by atoms with Crippen molar-refractivity contribution in [2.24, 2.45) is 5.92 Å². The third kappa shape index (κ3) is 3.84. The summed E-state index contributed by atoms with van der Waals surface area (Å²) in [6.07, 6.45) is 2.54. The number of rotatable bonds is 4. The van der Waals surface area contributed by atoms with E-state index in [9.17, 15) is 9.90 Å². The minimum Gasteiger partial charge on any atom is -0.445 e. The molecule has 1 N–H and O–H groups in total. The van der Waals surface area contributed by atoms with Gasteiger partial charge >= 0.3 is 6.09 Å². The molecule has 2 atom stereocenters. The van der Waals surface area contributed by atoms with Gasteiger partial charge in [-0.3, -0.25) is 0 Å². The van der Waals surface area contributed by atoms with Gasteiger partial charge in [0.15, 0.2) is 0 Å². The van der Waals surface area contributed by atoms with Gasteiger partial charge in [0.25, 0.3) is 0 Å². The van der Waals surface area contributed by atoms with Gasteiger partial charge in [-0.25, -0.2) is 4.79 Å². The first-order chi connectivity index (χ1) is 9.70. The number of likely N-dealkylation sites (tertiary alicyclic amines) is 1. The van der Waals surface area contributed by atoms with Gasteiger partial charge in [-0.15, -0.1) is 6.58 Å². The molecule has 20 heavy (non-hydrogen) atoms. The molecule has 4 nitrogen and oxygen atoms in total. The lowest BCUT2D eigenvalue weighted by atomic mass is 9.91. The molecule has 0 saturated carbocycles. The number of allylic oxidation sites excluding steroid dienone is 1. The second kappa shape index (κ2) is 7.10. The molecule has 0 spiro atoms. The van der Waals surface area contributed by atoms with Crippen LogP contribution in [0.15, 0.2) is 43.0 Å². The summed E-state index contributed by atoms with van der Waals surface area (Å²) in [5.41, 5.74) is 0.961. The lowest BCUT2D eigenvalue weighted by molar-refractivity contribution is 0.0146. The SMILES string of the molecule is C=CC[C@@H]1CCN(C(=O)OCc2ccccc2)C[C@@H]1O.